The molecule has 3 aromatic rings. The second kappa shape index (κ2) is 9.65. The van der Waals surface area contributed by atoms with Gasteiger partial charge in [0.2, 0.25) is 5.75 Å². The van der Waals surface area contributed by atoms with E-state index in [1.807, 2.05) is 0 Å². The van der Waals surface area contributed by atoms with E-state index in [1.54, 1.807) is 12.1 Å². The first-order valence-corrected chi connectivity index (χ1v) is 9.37. The van der Waals surface area contributed by atoms with Crippen LogP contribution in [0.15, 0.2) is 60.7 Å². The molecule has 0 saturated heterocycles. The number of hydrogen-bond donors (Lipinski definition) is 1. The fourth-order valence-electron chi connectivity index (χ4n) is 2.59. The lowest BCUT2D eigenvalue weighted by Crippen LogP contribution is -2.09. The molecule has 3 aromatic carbocycles. The molecule has 0 aliphatic carbocycles. The summed E-state index contributed by atoms with van der Waals surface area (Å²) in [4.78, 5) is 21.4. The van der Waals surface area contributed by atoms with E-state index in [-0.39, 0.29) is 28.7 Å². The monoisotopic (exact) mass is 483 g/mol. The molecule has 0 bridgehead atoms. The average Bonchev–Trinajstić information content (AvgIpc) is 2.73. The van der Waals surface area contributed by atoms with E-state index in [9.17, 15) is 28.1 Å². The Kier molecular flexibility index (Phi) is 6.92. The number of carboxylic acids is 1. The van der Waals surface area contributed by atoms with Crippen LogP contribution in [0, 0.1) is 10.1 Å². The molecule has 3 rings (SSSR count). The SMILES string of the molecule is O=C(O)COc1ccccc1Oc1ccc([N+](=O)[O-])c(Oc2ccc(C(F)(F)F)cc2Cl)c1. The topological polar surface area (TPSA) is 108 Å². The van der Waals surface area contributed by atoms with Crippen LogP contribution in [0.3, 0.4) is 0 Å². The maximum Gasteiger partial charge on any atom is 0.416 e. The number of hydrogen-bond acceptors (Lipinski definition) is 6. The summed E-state index contributed by atoms with van der Waals surface area (Å²) in [5.41, 5.74) is -1.50. The first-order chi connectivity index (χ1) is 15.5. The Morgan fingerprint density at radius 1 is 0.970 bits per heavy atom. The predicted octanol–water partition coefficient (Wildman–Crippen LogP) is 6.32. The lowest BCUT2D eigenvalue weighted by molar-refractivity contribution is -0.385. The van der Waals surface area contributed by atoms with Gasteiger partial charge in [0.05, 0.1) is 15.5 Å². The third-order valence-electron chi connectivity index (χ3n) is 4.04. The number of alkyl halides is 3. The number of ether oxygens (including phenoxy) is 3. The summed E-state index contributed by atoms with van der Waals surface area (Å²) in [7, 11) is 0. The molecule has 8 nitrogen and oxygen atoms in total. The van der Waals surface area contributed by atoms with Crippen molar-refractivity contribution in [2.45, 2.75) is 6.18 Å². The molecule has 0 atom stereocenters. The van der Waals surface area contributed by atoms with Gasteiger partial charge in [-0.2, -0.15) is 13.2 Å². The minimum Gasteiger partial charge on any atom is -0.479 e. The van der Waals surface area contributed by atoms with E-state index < -0.39 is 39.9 Å². The first kappa shape index (κ1) is 23.7. The molecule has 0 spiro atoms. The average molecular weight is 484 g/mol. The van der Waals surface area contributed by atoms with Crippen molar-refractivity contribution in [3.8, 4) is 28.7 Å². The third-order valence-corrected chi connectivity index (χ3v) is 4.33. The van der Waals surface area contributed by atoms with Gasteiger partial charge in [0, 0.05) is 12.1 Å². The van der Waals surface area contributed by atoms with Gasteiger partial charge in [-0.25, -0.2) is 4.79 Å². The van der Waals surface area contributed by atoms with Crippen LogP contribution in [-0.2, 0) is 11.0 Å². The summed E-state index contributed by atoms with van der Waals surface area (Å²) in [6, 6.07) is 11.9. The second-order valence-corrected chi connectivity index (χ2v) is 6.77. The van der Waals surface area contributed by atoms with E-state index in [0.29, 0.717) is 6.07 Å². The van der Waals surface area contributed by atoms with Gasteiger partial charge in [0.15, 0.2) is 18.1 Å². The highest BCUT2D eigenvalue weighted by molar-refractivity contribution is 6.32. The van der Waals surface area contributed by atoms with Crippen molar-refractivity contribution in [2.75, 3.05) is 6.61 Å². The number of benzene rings is 3. The molecule has 0 heterocycles. The van der Waals surface area contributed by atoms with Crippen LogP contribution in [-0.4, -0.2) is 22.6 Å². The maximum atomic E-state index is 12.8. The predicted molar refractivity (Wildman–Crippen MR) is 109 cm³/mol. The van der Waals surface area contributed by atoms with E-state index in [4.69, 9.17) is 30.9 Å². The van der Waals surface area contributed by atoms with Crippen molar-refractivity contribution >= 4 is 23.3 Å². The molecule has 0 aliphatic rings. The zero-order valence-electron chi connectivity index (χ0n) is 16.3. The quantitative estimate of drug-likeness (QED) is 0.295. The Morgan fingerprint density at radius 2 is 1.67 bits per heavy atom. The van der Waals surface area contributed by atoms with Gasteiger partial charge in [0.25, 0.3) is 0 Å². The highest BCUT2D eigenvalue weighted by Crippen LogP contribution is 2.41. The van der Waals surface area contributed by atoms with E-state index >= 15 is 0 Å². The third kappa shape index (κ3) is 6.04. The molecule has 0 saturated carbocycles. The number of nitro groups is 1. The van der Waals surface area contributed by atoms with Crippen LogP contribution in [0.2, 0.25) is 5.02 Å². The van der Waals surface area contributed by atoms with Gasteiger partial charge in [-0.05, 0) is 36.4 Å². The summed E-state index contributed by atoms with van der Waals surface area (Å²) in [6.07, 6.45) is -4.63. The van der Waals surface area contributed by atoms with Crippen molar-refractivity contribution in [1.29, 1.82) is 0 Å². The van der Waals surface area contributed by atoms with Crippen LogP contribution < -0.4 is 14.2 Å². The molecule has 0 radical (unpaired) electrons. The second-order valence-electron chi connectivity index (χ2n) is 6.36. The number of carbonyl (C=O) groups is 1. The smallest absolute Gasteiger partial charge is 0.416 e. The molecule has 172 valence electrons. The van der Waals surface area contributed by atoms with Gasteiger partial charge in [-0.3, -0.25) is 10.1 Å². The molecule has 33 heavy (non-hydrogen) atoms. The zero-order valence-corrected chi connectivity index (χ0v) is 17.1. The standard InChI is InChI=1S/C21H13ClF3NO7/c22-14-9-12(21(23,24)25)5-8-16(14)33-19-10-13(6-7-15(19)26(29)30)32-18-4-2-1-3-17(18)31-11-20(27)28/h1-10H,11H2,(H,27,28). The van der Waals surface area contributed by atoms with Gasteiger partial charge < -0.3 is 19.3 Å². The zero-order chi connectivity index (χ0) is 24.2. The number of nitrogens with zero attached hydrogens (tertiary/aromatic N) is 1. The summed E-state index contributed by atoms with van der Waals surface area (Å²) >= 11 is 5.88. The Labute approximate surface area is 188 Å². The summed E-state index contributed by atoms with van der Waals surface area (Å²) in [5.74, 6) is -1.52. The van der Waals surface area contributed by atoms with Gasteiger partial charge >= 0.3 is 17.8 Å². The molecular formula is C21H13ClF3NO7. The normalized spacial score (nSPS) is 11.0. The van der Waals surface area contributed by atoms with Crippen molar-refractivity contribution in [2.24, 2.45) is 0 Å². The molecule has 0 aromatic heterocycles. The highest BCUT2D eigenvalue weighted by atomic mass is 35.5. The maximum absolute atomic E-state index is 12.8. The summed E-state index contributed by atoms with van der Waals surface area (Å²) < 4.78 is 54.7. The van der Waals surface area contributed by atoms with Crippen LogP contribution in [0.5, 0.6) is 28.7 Å². The number of carboxylic acid groups (broad SMARTS) is 1. The van der Waals surface area contributed by atoms with Crippen molar-refractivity contribution < 1.29 is 42.2 Å². The number of para-hydroxylation sites is 2. The Balaban J connectivity index is 1.92. The van der Waals surface area contributed by atoms with Crippen molar-refractivity contribution in [3.63, 3.8) is 0 Å². The molecule has 1 N–H and O–H groups in total. The Morgan fingerprint density at radius 3 is 2.27 bits per heavy atom. The number of nitro benzene ring substituents is 1. The summed E-state index contributed by atoms with van der Waals surface area (Å²) in [6.45, 7) is -0.624. The molecule has 0 amide bonds. The fraction of sp³-hybridized carbons (Fsp3) is 0.0952. The van der Waals surface area contributed by atoms with Crippen LogP contribution in [0.1, 0.15) is 5.56 Å². The molecule has 0 fully saturated rings. The van der Waals surface area contributed by atoms with Crippen molar-refractivity contribution in [1.82, 2.24) is 0 Å². The lowest BCUT2D eigenvalue weighted by Gasteiger charge is -2.14. The Hall–Kier alpha value is -3.99. The largest absolute Gasteiger partial charge is 0.479 e. The number of rotatable bonds is 8. The number of halogens is 4. The summed E-state index contributed by atoms with van der Waals surface area (Å²) in [5, 5.41) is 19.8. The van der Waals surface area contributed by atoms with Crippen LogP contribution in [0.25, 0.3) is 0 Å². The molecule has 0 unspecified atom stereocenters. The van der Waals surface area contributed by atoms with Gasteiger partial charge in [0.1, 0.15) is 11.5 Å². The molecule has 0 aliphatic heterocycles. The lowest BCUT2D eigenvalue weighted by atomic mass is 10.2. The van der Waals surface area contributed by atoms with Crippen LogP contribution >= 0.6 is 11.6 Å². The molecule has 12 heteroatoms. The minimum absolute atomic E-state index is 0.0463. The fourth-order valence-corrected chi connectivity index (χ4v) is 2.81. The van der Waals surface area contributed by atoms with E-state index in [1.165, 1.54) is 18.2 Å². The molecular weight excluding hydrogens is 471 g/mol. The Bertz CT molecular complexity index is 1200. The van der Waals surface area contributed by atoms with E-state index in [0.717, 1.165) is 24.3 Å². The number of aliphatic carboxylic acids is 1. The highest BCUT2D eigenvalue weighted by Gasteiger charge is 2.31. The minimum atomic E-state index is -4.63. The van der Waals surface area contributed by atoms with Crippen LogP contribution in [0.4, 0.5) is 18.9 Å². The first-order valence-electron chi connectivity index (χ1n) is 8.99. The van der Waals surface area contributed by atoms with Gasteiger partial charge in [-0.15, -0.1) is 0 Å². The van der Waals surface area contributed by atoms with Crippen molar-refractivity contribution in [3.05, 3.63) is 81.4 Å². The van der Waals surface area contributed by atoms with E-state index in [2.05, 4.69) is 0 Å². The van der Waals surface area contributed by atoms with Gasteiger partial charge in [-0.1, -0.05) is 23.7 Å².